The number of phenolic OH excluding ortho intramolecular Hbond substituents is 1. The molecule has 14 heavy (non-hydrogen) atoms. The van der Waals surface area contributed by atoms with Crippen LogP contribution in [0.3, 0.4) is 0 Å². The number of hydrogen-bond donors (Lipinski definition) is 2. The summed E-state index contributed by atoms with van der Waals surface area (Å²) in [5, 5.41) is 21.5. The molecular formula is C11H14N2O. The van der Waals surface area contributed by atoms with Crippen molar-refractivity contribution < 1.29 is 5.11 Å². The van der Waals surface area contributed by atoms with Gasteiger partial charge in [-0.05, 0) is 25.6 Å². The van der Waals surface area contributed by atoms with Gasteiger partial charge in [-0.25, -0.2) is 0 Å². The number of nitrogens with zero attached hydrogens (tertiary/aromatic N) is 1. The average Bonchev–Trinajstić information content (AvgIpc) is 2.18. The van der Waals surface area contributed by atoms with Gasteiger partial charge in [0.25, 0.3) is 0 Å². The SMILES string of the molecule is CCNC(C#N)c1cc(C)ccc1O. The van der Waals surface area contributed by atoms with Crippen molar-refractivity contribution in [3.8, 4) is 11.8 Å². The van der Waals surface area contributed by atoms with Crippen LogP contribution >= 0.6 is 0 Å². The number of aromatic hydroxyl groups is 1. The molecule has 0 aromatic heterocycles. The topological polar surface area (TPSA) is 56.0 Å². The van der Waals surface area contributed by atoms with Gasteiger partial charge in [-0.15, -0.1) is 0 Å². The second-order valence-corrected chi connectivity index (χ2v) is 3.18. The van der Waals surface area contributed by atoms with Crippen LogP contribution < -0.4 is 5.32 Å². The van der Waals surface area contributed by atoms with E-state index in [0.29, 0.717) is 12.1 Å². The van der Waals surface area contributed by atoms with E-state index in [-0.39, 0.29) is 5.75 Å². The minimum Gasteiger partial charge on any atom is -0.508 e. The van der Waals surface area contributed by atoms with Crippen LogP contribution in [0, 0.1) is 18.3 Å². The number of aryl methyl sites for hydroxylation is 1. The summed E-state index contributed by atoms with van der Waals surface area (Å²) in [6.07, 6.45) is 0. The third kappa shape index (κ3) is 2.24. The molecule has 0 aliphatic heterocycles. The molecule has 1 aromatic rings. The Hall–Kier alpha value is -1.53. The van der Waals surface area contributed by atoms with Gasteiger partial charge >= 0.3 is 0 Å². The van der Waals surface area contributed by atoms with Crippen LogP contribution in [0.2, 0.25) is 0 Å². The first-order valence-corrected chi connectivity index (χ1v) is 4.61. The maximum absolute atomic E-state index is 9.57. The van der Waals surface area contributed by atoms with E-state index in [9.17, 15) is 5.11 Å². The molecule has 0 aliphatic carbocycles. The Morgan fingerprint density at radius 2 is 2.29 bits per heavy atom. The smallest absolute Gasteiger partial charge is 0.124 e. The molecule has 1 rings (SSSR count). The van der Waals surface area contributed by atoms with Gasteiger partial charge in [0, 0.05) is 5.56 Å². The molecule has 0 saturated carbocycles. The van der Waals surface area contributed by atoms with Gasteiger partial charge in [0.2, 0.25) is 0 Å². The molecule has 1 unspecified atom stereocenters. The Morgan fingerprint density at radius 3 is 2.86 bits per heavy atom. The van der Waals surface area contributed by atoms with Gasteiger partial charge in [-0.1, -0.05) is 18.6 Å². The molecular weight excluding hydrogens is 176 g/mol. The number of benzene rings is 1. The summed E-state index contributed by atoms with van der Waals surface area (Å²) in [4.78, 5) is 0. The van der Waals surface area contributed by atoms with Gasteiger partial charge in [0.15, 0.2) is 0 Å². The van der Waals surface area contributed by atoms with Gasteiger partial charge in [0.1, 0.15) is 11.8 Å². The lowest BCUT2D eigenvalue weighted by Crippen LogP contribution is -2.19. The summed E-state index contributed by atoms with van der Waals surface area (Å²) < 4.78 is 0. The Morgan fingerprint density at radius 1 is 1.57 bits per heavy atom. The van der Waals surface area contributed by atoms with Crippen LogP contribution in [0.15, 0.2) is 18.2 Å². The van der Waals surface area contributed by atoms with Crippen LogP contribution in [0.5, 0.6) is 5.75 Å². The van der Waals surface area contributed by atoms with E-state index in [4.69, 9.17) is 5.26 Å². The third-order valence-corrected chi connectivity index (χ3v) is 2.03. The molecule has 2 N–H and O–H groups in total. The molecule has 3 nitrogen and oxygen atoms in total. The molecule has 0 spiro atoms. The normalized spacial score (nSPS) is 12.1. The predicted octanol–water partition coefficient (Wildman–Crippen LogP) is 1.87. The van der Waals surface area contributed by atoms with Crippen LogP contribution in [-0.2, 0) is 0 Å². The monoisotopic (exact) mass is 190 g/mol. The number of nitriles is 1. The molecule has 0 aliphatic rings. The largest absolute Gasteiger partial charge is 0.508 e. The zero-order valence-electron chi connectivity index (χ0n) is 8.41. The maximum Gasteiger partial charge on any atom is 0.124 e. The highest BCUT2D eigenvalue weighted by molar-refractivity contribution is 5.40. The average molecular weight is 190 g/mol. The molecule has 0 radical (unpaired) electrons. The fourth-order valence-electron chi connectivity index (χ4n) is 1.33. The lowest BCUT2D eigenvalue weighted by Gasteiger charge is -2.12. The molecule has 1 atom stereocenters. The Labute approximate surface area is 84.0 Å². The Balaban J connectivity index is 3.03. The van der Waals surface area contributed by atoms with E-state index in [2.05, 4.69) is 11.4 Å². The number of phenols is 1. The summed E-state index contributed by atoms with van der Waals surface area (Å²) in [6, 6.07) is 6.95. The molecule has 0 amide bonds. The van der Waals surface area contributed by atoms with Crippen molar-refractivity contribution in [2.45, 2.75) is 19.9 Å². The second kappa shape index (κ2) is 4.64. The fraction of sp³-hybridized carbons (Fsp3) is 0.364. The first-order chi connectivity index (χ1) is 6.69. The highest BCUT2D eigenvalue weighted by atomic mass is 16.3. The first kappa shape index (κ1) is 10.6. The first-order valence-electron chi connectivity index (χ1n) is 4.61. The summed E-state index contributed by atoms with van der Waals surface area (Å²) >= 11 is 0. The number of hydrogen-bond acceptors (Lipinski definition) is 3. The van der Waals surface area contributed by atoms with Crippen LogP contribution in [0.4, 0.5) is 0 Å². The molecule has 74 valence electrons. The van der Waals surface area contributed by atoms with Gasteiger partial charge < -0.3 is 5.11 Å². The lowest BCUT2D eigenvalue weighted by atomic mass is 10.0. The molecule has 0 saturated heterocycles. The van der Waals surface area contributed by atoms with Crippen molar-refractivity contribution in [2.75, 3.05) is 6.54 Å². The summed E-state index contributed by atoms with van der Waals surface area (Å²) in [6.45, 7) is 4.56. The minimum atomic E-state index is -0.431. The van der Waals surface area contributed by atoms with Gasteiger partial charge in [0.05, 0.1) is 6.07 Å². The van der Waals surface area contributed by atoms with Crippen molar-refractivity contribution in [1.29, 1.82) is 5.26 Å². The van der Waals surface area contributed by atoms with Crippen molar-refractivity contribution in [1.82, 2.24) is 5.32 Å². The second-order valence-electron chi connectivity index (χ2n) is 3.18. The molecule has 0 fully saturated rings. The van der Waals surface area contributed by atoms with Crippen LogP contribution in [-0.4, -0.2) is 11.7 Å². The zero-order chi connectivity index (χ0) is 10.6. The third-order valence-electron chi connectivity index (χ3n) is 2.03. The summed E-state index contributed by atoms with van der Waals surface area (Å²) in [7, 11) is 0. The lowest BCUT2D eigenvalue weighted by molar-refractivity contribution is 0.460. The molecule has 1 aromatic carbocycles. The Kier molecular flexibility index (Phi) is 3.49. The zero-order valence-corrected chi connectivity index (χ0v) is 8.41. The van der Waals surface area contributed by atoms with Crippen molar-refractivity contribution in [3.05, 3.63) is 29.3 Å². The molecule has 0 bridgehead atoms. The number of rotatable bonds is 3. The quantitative estimate of drug-likeness (QED) is 0.765. The van der Waals surface area contributed by atoms with E-state index in [1.165, 1.54) is 0 Å². The molecule has 3 heteroatoms. The van der Waals surface area contributed by atoms with Crippen molar-refractivity contribution >= 4 is 0 Å². The predicted molar refractivity (Wildman–Crippen MR) is 54.9 cm³/mol. The highest BCUT2D eigenvalue weighted by Gasteiger charge is 2.12. The maximum atomic E-state index is 9.57. The fourth-order valence-corrected chi connectivity index (χ4v) is 1.33. The summed E-state index contributed by atoms with van der Waals surface area (Å²) in [5.74, 6) is 0.170. The van der Waals surface area contributed by atoms with E-state index in [1.54, 1.807) is 6.07 Å². The molecule has 0 heterocycles. The van der Waals surface area contributed by atoms with Crippen molar-refractivity contribution in [2.24, 2.45) is 0 Å². The van der Waals surface area contributed by atoms with E-state index in [1.807, 2.05) is 26.0 Å². The summed E-state index contributed by atoms with van der Waals surface area (Å²) in [5.41, 5.74) is 1.69. The van der Waals surface area contributed by atoms with E-state index in [0.717, 1.165) is 5.56 Å². The minimum absolute atomic E-state index is 0.170. The number of nitrogens with one attached hydrogen (secondary N) is 1. The van der Waals surface area contributed by atoms with E-state index < -0.39 is 6.04 Å². The van der Waals surface area contributed by atoms with Crippen molar-refractivity contribution in [3.63, 3.8) is 0 Å². The van der Waals surface area contributed by atoms with Crippen LogP contribution in [0.25, 0.3) is 0 Å². The van der Waals surface area contributed by atoms with E-state index >= 15 is 0 Å². The van der Waals surface area contributed by atoms with Gasteiger partial charge in [-0.3, -0.25) is 5.32 Å². The standard InChI is InChI=1S/C11H14N2O/c1-3-13-10(7-12)9-6-8(2)4-5-11(9)14/h4-6,10,13-14H,3H2,1-2H3. The van der Waals surface area contributed by atoms with Gasteiger partial charge in [-0.2, -0.15) is 5.26 Å². The highest BCUT2D eigenvalue weighted by Crippen LogP contribution is 2.24. The van der Waals surface area contributed by atoms with Crippen LogP contribution in [0.1, 0.15) is 24.1 Å². The Bertz CT molecular complexity index is 355.